The molecule has 0 spiro atoms. The minimum absolute atomic E-state index is 0.0253. The fourth-order valence-electron chi connectivity index (χ4n) is 4.83. The van der Waals surface area contributed by atoms with Gasteiger partial charge in [-0.2, -0.15) is 13.2 Å². The fraction of sp³-hybridized carbons (Fsp3) is 0.333. The first-order valence-electron chi connectivity index (χ1n) is 15.7. The smallest absolute Gasteiger partial charge is 0.406 e. The predicted molar refractivity (Wildman–Crippen MR) is 174 cm³/mol. The van der Waals surface area contributed by atoms with Gasteiger partial charge in [0.05, 0.1) is 24.0 Å². The molecule has 0 unspecified atom stereocenters. The number of fused-ring (bicyclic) bond motifs is 2. The summed E-state index contributed by atoms with van der Waals surface area (Å²) < 4.78 is 153. The van der Waals surface area contributed by atoms with Gasteiger partial charge in [-0.1, -0.05) is 36.4 Å². The van der Waals surface area contributed by atoms with Gasteiger partial charge in [-0.05, 0) is 65.2 Å². The minimum Gasteiger partial charge on any atom is -0.406 e. The standard InChI is InChI=1S/C17H13F6N3O2.C14H10F5N5O.C2H6/c1-27-8-11-6-12(28-17(21,22)23)3-4-13(11)10-2-5-14-15(7-10)26(25-24-14)9-16(18,19)20;1-13(15,16)7-24-12-11(22-23-24)20-6-10(21-12)8-2-4-9(5-3-8)25-14(17,18)19;1-2/h2-7H,8-9H2,1H3;2-6H,7H2,1H3;1-2H3. The molecule has 0 amide bonds. The summed E-state index contributed by atoms with van der Waals surface area (Å²) in [5.74, 6) is -3.83. The quantitative estimate of drug-likeness (QED) is 0.132. The Bertz CT molecular complexity index is 2180. The van der Waals surface area contributed by atoms with E-state index in [-0.39, 0.29) is 40.4 Å². The Labute approximate surface area is 303 Å². The Morgan fingerprint density at radius 2 is 1.27 bits per heavy atom. The lowest BCUT2D eigenvalue weighted by Crippen LogP contribution is -2.20. The molecule has 0 radical (unpaired) electrons. The van der Waals surface area contributed by atoms with Crippen molar-refractivity contribution in [2.24, 2.45) is 0 Å². The van der Waals surface area contributed by atoms with Crippen molar-refractivity contribution in [3.8, 4) is 33.9 Å². The van der Waals surface area contributed by atoms with Crippen molar-refractivity contribution >= 4 is 22.3 Å². The highest BCUT2D eigenvalue weighted by Gasteiger charge is 2.33. The van der Waals surface area contributed by atoms with Crippen molar-refractivity contribution in [2.45, 2.75) is 65.3 Å². The van der Waals surface area contributed by atoms with Crippen LogP contribution in [0.25, 0.3) is 44.7 Å². The zero-order valence-corrected chi connectivity index (χ0v) is 28.9. The van der Waals surface area contributed by atoms with Crippen LogP contribution in [-0.4, -0.2) is 71.9 Å². The van der Waals surface area contributed by atoms with Crippen LogP contribution in [0.2, 0.25) is 0 Å². The summed E-state index contributed by atoms with van der Waals surface area (Å²) in [6.07, 6.45) is -12.8. The van der Waals surface area contributed by atoms with Gasteiger partial charge in [-0.25, -0.2) is 28.1 Å². The molecule has 0 aliphatic rings. The molecule has 3 aromatic heterocycles. The summed E-state index contributed by atoms with van der Waals surface area (Å²) in [6, 6.07) is 13.1. The Kier molecular flexibility index (Phi) is 12.8. The van der Waals surface area contributed by atoms with Crippen LogP contribution in [0, 0.1) is 0 Å². The fourth-order valence-corrected chi connectivity index (χ4v) is 4.83. The zero-order valence-electron chi connectivity index (χ0n) is 28.9. The second-order valence-corrected chi connectivity index (χ2v) is 11.2. The van der Waals surface area contributed by atoms with E-state index in [9.17, 15) is 48.3 Å². The number of alkyl halides is 11. The van der Waals surface area contributed by atoms with Crippen LogP contribution in [-0.2, 0) is 24.4 Å². The molecule has 3 heterocycles. The van der Waals surface area contributed by atoms with E-state index in [0.717, 1.165) is 34.5 Å². The van der Waals surface area contributed by atoms with Gasteiger partial charge in [0.1, 0.15) is 30.1 Å². The lowest BCUT2D eigenvalue weighted by Gasteiger charge is -2.14. The van der Waals surface area contributed by atoms with Crippen LogP contribution >= 0.6 is 0 Å². The molecule has 296 valence electrons. The zero-order chi connectivity index (χ0) is 40.8. The largest absolute Gasteiger partial charge is 0.573 e. The number of hydrogen-bond acceptors (Lipinski definition) is 9. The van der Waals surface area contributed by atoms with Crippen LogP contribution in [0.5, 0.6) is 11.5 Å². The molecule has 0 bridgehead atoms. The summed E-state index contributed by atoms with van der Waals surface area (Å²) in [4.78, 5) is 8.15. The van der Waals surface area contributed by atoms with Gasteiger partial charge in [0.15, 0.2) is 5.65 Å². The van der Waals surface area contributed by atoms with Crippen molar-refractivity contribution in [3.63, 3.8) is 0 Å². The predicted octanol–water partition coefficient (Wildman–Crippen LogP) is 9.17. The highest BCUT2D eigenvalue weighted by Crippen LogP contribution is 2.33. The Morgan fingerprint density at radius 3 is 1.87 bits per heavy atom. The molecule has 22 heteroatoms. The van der Waals surface area contributed by atoms with Crippen LogP contribution in [0.15, 0.2) is 66.9 Å². The molecule has 55 heavy (non-hydrogen) atoms. The van der Waals surface area contributed by atoms with Gasteiger partial charge in [0.25, 0.3) is 5.92 Å². The van der Waals surface area contributed by atoms with Gasteiger partial charge in [-0.3, -0.25) is 0 Å². The van der Waals surface area contributed by atoms with Crippen molar-refractivity contribution in [3.05, 3.63) is 72.4 Å². The molecule has 6 rings (SSSR count). The average Bonchev–Trinajstić information content (AvgIpc) is 3.66. The second kappa shape index (κ2) is 16.8. The van der Waals surface area contributed by atoms with E-state index in [1.54, 1.807) is 6.07 Å². The monoisotopic (exact) mass is 794 g/mol. The normalized spacial score (nSPS) is 12.2. The van der Waals surface area contributed by atoms with E-state index < -0.39 is 43.7 Å². The highest BCUT2D eigenvalue weighted by molar-refractivity contribution is 5.82. The molecule has 3 aromatic carbocycles. The van der Waals surface area contributed by atoms with Gasteiger partial charge in [0.2, 0.25) is 5.65 Å². The molecule has 0 aliphatic heterocycles. The van der Waals surface area contributed by atoms with E-state index in [4.69, 9.17) is 4.74 Å². The van der Waals surface area contributed by atoms with Crippen molar-refractivity contribution in [2.75, 3.05) is 7.11 Å². The number of aromatic nitrogens is 8. The molecule has 0 N–H and O–H groups in total. The van der Waals surface area contributed by atoms with Crippen molar-refractivity contribution in [1.29, 1.82) is 0 Å². The van der Waals surface area contributed by atoms with Gasteiger partial charge >= 0.3 is 18.9 Å². The lowest BCUT2D eigenvalue weighted by molar-refractivity contribution is -0.275. The maximum atomic E-state index is 13.2. The number of hydrogen-bond donors (Lipinski definition) is 0. The van der Waals surface area contributed by atoms with Gasteiger partial charge in [-0.15, -0.1) is 36.5 Å². The Hall–Kier alpha value is -5.67. The minimum atomic E-state index is -4.85. The first-order valence-corrected chi connectivity index (χ1v) is 15.7. The molecule has 0 atom stereocenters. The topological polar surface area (TPSA) is 115 Å². The van der Waals surface area contributed by atoms with Crippen LogP contribution in [0.4, 0.5) is 48.3 Å². The van der Waals surface area contributed by atoms with Gasteiger partial charge < -0.3 is 14.2 Å². The van der Waals surface area contributed by atoms with E-state index in [1.165, 1.54) is 49.7 Å². The summed E-state index contributed by atoms with van der Waals surface area (Å²) in [6.45, 7) is 2.68. The number of benzene rings is 3. The molecule has 6 aromatic rings. The summed E-state index contributed by atoms with van der Waals surface area (Å²) in [5.41, 5.74) is 2.58. The SMILES string of the molecule is CC.CC(F)(F)Cn1nnc2ncc(-c3ccc(OC(F)(F)F)cc3)nc21.COCc1cc(OC(F)(F)F)ccc1-c1ccc2nnn(CC(F)(F)F)c2c1. The third-order valence-corrected chi connectivity index (χ3v) is 6.80. The Morgan fingerprint density at radius 1 is 0.673 bits per heavy atom. The Balaban J connectivity index is 0.000000235. The first kappa shape index (κ1) is 42.1. The number of nitrogens with zero attached hydrogens (tertiary/aromatic N) is 8. The van der Waals surface area contributed by atoms with Crippen LogP contribution in [0.1, 0.15) is 26.3 Å². The van der Waals surface area contributed by atoms with Crippen molar-refractivity contribution in [1.82, 2.24) is 40.0 Å². The van der Waals surface area contributed by atoms with E-state index in [1.807, 2.05) is 13.8 Å². The van der Waals surface area contributed by atoms with Crippen LogP contribution < -0.4 is 9.47 Å². The number of ether oxygens (including phenoxy) is 3. The van der Waals surface area contributed by atoms with Gasteiger partial charge in [0, 0.05) is 19.6 Å². The van der Waals surface area contributed by atoms with Crippen LogP contribution in [0.3, 0.4) is 0 Å². The first-order chi connectivity index (χ1) is 25.7. The molecule has 0 fully saturated rings. The third kappa shape index (κ3) is 12.2. The molecule has 0 saturated heterocycles. The average molecular weight is 795 g/mol. The molecule has 11 nitrogen and oxygen atoms in total. The highest BCUT2D eigenvalue weighted by atomic mass is 19.4. The van der Waals surface area contributed by atoms with Crippen molar-refractivity contribution < 1.29 is 62.5 Å². The number of methoxy groups -OCH3 is 1. The number of halogens is 11. The second-order valence-electron chi connectivity index (χ2n) is 11.2. The third-order valence-electron chi connectivity index (χ3n) is 6.80. The molecule has 0 aliphatic carbocycles. The lowest BCUT2D eigenvalue weighted by atomic mass is 9.99. The van der Waals surface area contributed by atoms with E-state index in [0.29, 0.717) is 22.3 Å². The molecule has 0 saturated carbocycles. The maximum Gasteiger partial charge on any atom is 0.573 e. The van der Waals surface area contributed by atoms with E-state index in [2.05, 4.69) is 40.1 Å². The number of rotatable bonds is 9. The summed E-state index contributed by atoms with van der Waals surface area (Å²) in [7, 11) is 1.37. The summed E-state index contributed by atoms with van der Waals surface area (Å²) in [5, 5.41) is 14.4. The molecular formula is C33H29F11N8O3. The van der Waals surface area contributed by atoms with E-state index >= 15 is 0 Å². The maximum absolute atomic E-state index is 13.2. The summed E-state index contributed by atoms with van der Waals surface area (Å²) >= 11 is 0. The molecular weight excluding hydrogens is 765 g/mol.